The SMILES string of the molecule is CCN(C(=O)C1COCC1N)C(C)C. The second-order valence-electron chi connectivity index (χ2n) is 4.03. The Labute approximate surface area is 85.4 Å². The molecule has 14 heavy (non-hydrogen) atoms. The van der Waals surface area contributed by atoms with Crippen LogP contribution in [0.5, 0.6) is 0 Å². The molecule has 1 fully saturated rings. The van der Waals surface area contributed by atoms with Crippen molar-refractivity contribution >= 4 is 5.91 Å². The lowest BCUT2D eigenvalue weighted by molar-refractivity contribution is -0.137. The van der Waals surface area contributed by atoms with E-state index < -0.39 is 0 Å². The Bertz CT molecular complexity index is 202. The lowest BCUT2D eigenvalue weighted by atomic mass is 10.0. The molecule has 1 aliphatic rings. The molecule has 0 aromatic rings. The van der Waals surface area contributed by atoms with Gasteiger partial charge in [0.15, 0.2) is 0 Å². The highest BCUT2D eigenvalue weighted by atomic mass is 16.5. The van der Waals surface area contributed by atoms with E-state index in [2.05, 4.69) is 0 Å². The van der Waals surface area contributed by atoms with Gasteiger partial charge in [0.1, 0.15) is 0 Å². The van der Waals surface area contributed by atoms with E-state index in [9.17, 15) is 4.79 Å². The van der Waals surface area contributed by atoms with Gasteiger partial charge in [0.2, 0.25) is 5.91 Å². The Kier molecular flexibility index (Phi) is 3.89. The van der Waals surface area contributed by atoms with E-state index in [4.69, 9.17) is 10.5 Å². The van der Waals surface area contributed by atoms with Gasteiger partial charge in [-0.3, -0.25) is 4.79 Å². The van der Waals surface area contributed by atoms with Gasteiger partial charge < -0.3 is 15.4 Å². The molecule has 82 valence electrons. The number of nitrogens with zero attached hydrogens (tertiary/aromatic N) is 1. The maximum atomic E-state index is 12.0. The molecule has 0 saturated carbocycles. The van der Waals surface area contributed by atoms with Crippen LogP contribution in [-0.2, 0) is 9.53 Å². The van der Waals surface area contributed by atoms with Crippen LogP contribution in [0.25, 0.3) is 0 Å². The Balaban J connectivity index is 2.62. The lowest BCUT2D eigenvalue weighted by Crippen LogP contribution is -2.46. The number of hydrogen-bond acceptors (Lipinski definition) is 3. The van der Waals surface area contributed by atoms with Gasteiger partial charge in [-0.15, -0.1) is 0 Å². The first-order valence-electron chi connectivity index (χ1n) is 5.21. The molecular weight excluding hydrogens is 180 g/mol. The van der Waals surface area contributed by atoms with Gasteiger partial charge in [-0.1, -0.05) is 0 Å². The molecule has 0 aromatic carbocycles. The highest BCUT2D eigenvalue weighted by Gasteiger charge is 2.34. The van der Waals surface area contributed by atoms with E-state index in [1.165, 1.54) is 0 Å². The monoisotopic (exact) mass is 200 g/mol. The number of amides is 1. The molecule has 1 aliphatic heterocycles. The minimum absolute atomic E-state index is 0.129. The van der Waals surface area contributed by atoms with Crippen molar-refractivity contribution in [3.05, 3.63) is 0 Å². The molecule has 0 bridgehead atoms. The summed E-state index contributed by atoms with van der Waals surface area (Å²) in [5.41, 5.74) is 5.80. The van der Waals surface area contributed by atoms with Crippen molar-refractivity contribution < 1.29 is 9.53 Å². The smallest absolute Gasteiger partial charge is 0.229 e. The van der Waals surface area contributed by atoms with Crippen LogP contribution in [0, 0.1) is 5.92 Å². The third-order valence-electron chi connectivity index (χ3n) is 2.69. The molecule has 4 nitrogen and oxygen atoms in total. The molecule has 1 amide bonds. The van der Waals surface area contributed by atoms with Crippen LogP contribution in [0.1, 0.15) is 20.8 Å². The summed E-state index contributed by atoms with van der Waals surface area (Å²) in [6.07, 6.45) is 0. The maximum absolute atomic E-state index is 12.0. The summed E-state index contributed by atoms with van der Waals surface area (Å²) in [5, 5.41) is 0. The zero-order valence-electron chi connectivity index (χ0n) is 9.19. The molecule has 2 atom stereocenters. The maximum Gasteiger partial charge on any atom is 0.229 e. The number of rotatable bonds is 3. The fourth-order valence-electron chi connectivity index (χ4n) is 1.81. The standard InChI is InChI=1S/C10H20N2O2/c1-4-12(7(2)3)10(13)8-5-14-6-9(8)11/h7-9H,4-6,11H2,1-3H3. The minimum atomic E-state index is -0.141. The second-order valence-corrected chi connectivity index (χ2v) is 4.03. The molecule has 1 heterocycles. The summed E-state index contributed by atoms with van der Waals surface area (Å²) < 4.78 is 5.19. The van der Waals surface area contributed by atoms with Crippen LogP contribution in [0.3, 0.4) is 0 Å². The Morgan fingerprint density at radius 2 is 2.21 bits per heavy atom. The largest absolute Gasteiger partial charge is 0.379 e. The summed E-state index contributed by atoms with van der Waals surface area (Å²) in [6.45, 7) is 7.74. The number of carbonyl (C=O) groups is 1. The van der Waals surface area contributed by atoms with E-state index in [1.54, 1.807) is 0 Å². The van der Waals surface area contributed by atoms with Crippen molar-refractivity contribution in [3.63, 3.8) is 0 Å². The van der Waals surface area contributed by atoms with Gasteiger partial charge in [0, 0.05) is 18.6 Å². The number of ether oxygens (including phenoxy) is 1. The van der Waals surface area contributed by atoms with Gasteiger partial charge in [-0.2, -0.15) is 0 Å². The number of hydrogen-bond donors (Lipinski definition) is 1. The van der Waals surface area contributed by atoms with Crippen LogP contribution in [0.2, 0.25) is 0 Å². The molecule has 2 unspecified atom stereocenters. The summed E-state index contributed by atoms with van der Waals surface area (Å²) in [7, 11) is 0. The van der Waals surface area contributed by atoms with Crippen molar-refractivity contribution in [2.45, 2.75) is 32.9 Å². The third-order valence-corrected chi connectivity index (χ3v) is 2.69. The summed E-state index contributed by atoms with van der Waals surface area (Å²) in [6, 6.07) is 0.107. The molecule has 0 aliphatic carbocycles. The summed E-state index contributed by atoms with van der Waals surface area (Å²) >= 11 is 0. The summed E-state index contributed by atoms with van der Waals surface area (Å²) in [5.74, 6) is -0.00940. The Morgan fingerprint density at radius 1 is 1.57 bits per heavy atom. The van der Waals surface area contributed by atoms with Gasteiger partial charge in [0.05, 0.1) is 19.1 Å². The number of nitrogens with two attached hydrogens (primary N) is 1. The summed E-state index contributed by atoms with van der Waals surface area (Å²) in [4.78, 5) is 13.8. The zero-order valence-corrected chi connectivity index (χ0v) is 9.19. The number of carbonyl (C=O) groups excluding carboxylic acids is 1. The molecule has 2 N–H and O–H groups in total. The van der Waals surface area contributed by atoms with Crippen LogP contribution in [-0.4, -0.2) is 42.6 Å². The predicted octanol–water partition coefficient (Wildman–Crippen LogP) is 0.217. The highest BCUT2D eigenvalue weighted by Crippen LogP contribution is 2.16. The van der Waals surface area contributed by atoms with E-state index in [1.807, 2.05) is 25.7 Å². The first-order valence-corrected chi connectivity index (χ1v) is 5.21. The Morgan fingerprint density at radius 3 is 2.57 bits per heavy atom. The van der Waals surface area contributed by atoms with Gasteiger partial charge in [-0.05, 0) is 20.8 Å². The van der Waals surface area contributed by atoms with Crippen molar-refractivity contribution in [1.82, 2.24) is 4.90 Å². The average Bonchev–Trinajstić information content (AvgIpc) is 2.51. The first-order chi connectivity index (χ1) is 6.57. The highest BCUT2D eigenvalue weighted by molar-refractivity contribution is 5.80. The van der Waals surface area contributed by atoms with Gasteiger partial charge >= 0.3 is 0 Å². The fraction of sp³-hybridized carbons (Fsp3) is 0.900. The molecule has 1 rings (SSSR count). The van der Waals surface area contributed by atoms with Crippen molar-refractivity contribution in [2.75, 3.05) is 19.8 Å². The van der Waals surface area contributed by atoms with Crippen molar-refractivity contribution in [3.8, 4) is 0 Å². The van der Waals surface area contributed by atoms with Crippen LogP contribution in [0.4, 0.5) is 0 Å². The zero-order chi connectivity index (χ0) is 10.7. The van der Waals surface area contributed by atoms with E-state index in [0.29, 0.717) is 13.2 Å². The van der Waals surface area contributed by atoms with Gasteiger partial charge in [-0.25, -0.2) is 0 Å². The molecule has 0 radical (unpaired) electrons. The van der Waals surface area contributed by atoms with E-state index in [-0.39, 0.29) is 23.9 Å². The Hall–Kier alpha value is -0.610. The third kappa shape index (κ3) is 2.25. The molecule has 4 heteroatoms. The normalized spacial score (nSPS) is 26.9. The van der Waals surface area contributed by atoms with Gasteiger partial charge in [0.25, 0.3) is 0 Å². The quantitative estimate of drug-likeness (QED) is 0.709. The lowest BCUT2D eigenvalue weighted by Gasteiger charge is -2.28. The average molecular weight is 200 g/mol. The molecule has 1 saturated heterocycles. The molecular formula is C10H20N2O2. The molecule has 0 aromatic heterocycles. The molecule has 0 spiro atoms. The van der Waals surface area contributed by atoms with Crippen LogP contribution >= 0.6 is 0 Å². The van der Waals surface area contributed by atoms with Crippen molar-refractivity contribution in [1.29, 1.82) is 0 Å². The van der Waals surface area contributed by atoms with Crippen LogP contribution < -0.4 is 5.73 Å². The van der Waals surface area contributed by atoms with Crippen molar-refractivity contribution in [2.24, 2.45) is 11.7 Å². The second kappa shape index (κ2) is 4.75. The first kappa shape index (κ1) is 11.5. The van der Waals surface area contributed by atoms with Crippen LogP contribution in [0.15, 0.2) is 0 Å². The minimum Gasteiger partial charge on any atom is -0.379 e. The topological polar surface area (TPSA) is 55.6 Å². The van der Waals surface area contributed by atoms with E-state index in [0.717, 1.165) is 6.54 Å². The fourth-order valence-corrected chi connectivity index (χ4v) is 1.81. The predicted molar refractivity (Wildman–Crippen MR) is 54.8 cm³/mol. The van der Waals surface area contributed by atoms with E-state index >= 15 is 0 Å².